The van der Waals surface area contributed by atoms with Crippen molar-refractivity contribution >= 4 is 11.6 Å². The van der Waals surface area contributed by atoms with Crippen molar-refractivity contribution in [3.63, 3.8) is 0 Å². The lowest BCUT2D eigenvalue weighted by Crippen LogP contribution is -2.22. The SMILES string of the molecule is CC(C)(CCl)CC1CC2CCC1C2. The van der Waals surface area contributed by atoms with Crippen LogP contribution < -0.4 is 0 Å². The van der Waals surface area contributed by atoms with E-state index in [9.17, 15) is 0 Å². The van der Waals surface area contributed by atoms with Crippen LogP contribution in [0.2, 0.25) is 0 Å². The van der Waals surface area contributed by atoms with Crippen molar-refractivity contribution in [2.75, 3.05) is 5.88 Å². The Kier molecular flexibility index (Phi) is 2.61. The molecule has 76 valence electrons. The van der Waals surface area contributed by atoms with Crippen LogP contribution in [0.1, 0.15) is 46.0 Å². The Bertz CT molecular complexity index is 186. The number of rotatable bonds is 3. The lowest BCUT2D eigenvalue weighted by atomic mass is 9.77. The summed E-state index contributed by atoms with van der Waals surface area (Å²) in [5.41, 5.74) is 0.372. The molecule has 2 aliphatic carbocycles. The molecule has 2 saturated carbocycles. The van der Waals surface area contributed by atoms with Crippen LogP contribution in [0.3, 0.4) is 0 Å². The lowest BCUT2D eigenvalue weighted by molar-refractivity contribution is 0.226. The van der Waals surface area contributed by atoms with Gasteiger partial charge < -0.3 is 0 Å². The van der Waals surface area contributed by atoms with Crippen molar-refractivity contribution in [1.82, 2.24) is 0 Å². The average molecular weight is 201 g/mol. The second kappa shape index (κ2) is 3.46. The summed E-state index contributed by atoms with van der Waals surface area (Å²) >= 11 is 5.97. The quantitative estimate of drug-likeness (QED) is 0.603. The third kappa shape index (κ3) is 2.03. The Balaban J connectivity index is 1.89. The second-order valence-corrected chi connectivity index (χ2v) is 6.20. The largest absolute Gasteiger partial charge is 0.126 e. The second-order valence-electron chi connectivity index (χ2n) is 5.94. The molecular weight excluding hydrogens is 180 g/mol. The van der Waals surface area contributed by atoms with E-state index in [1.54, 1.807) is 0 Å². The Morgan fingerprint density at radius 2 is 2.00 bits per heavy atom. The molecule has 2 fully saturated rings. The van der Waals surface area contributed by atoms with E-state index in [0.717, 1.165) is 23.6 Å². The molecule has 0 aromatic heterocycles. The molecule has 0 saturated heterocycles. The first-order chi connectivity index (χ1) is 6.11. The van der Waals surface area contributed by atoms with Crippen LogP contribution in [-0.2, 0) is 0 Å². The van der Waals surface area contributed by atoms with Gasteiger partial charge in [0.15, 0.2) is 0 Å². The van der Waals surface area contributed by atoms with Gasteiger partial charge in [-0.3, -0.25) is 0 Å². The van der Waals surface area contributed by atoms with Crippen molar-refractivity contribution in [2.45, 2.75) is 46.0 Å². The summed E-state index contributed by atoms with van der Waals surface area (Å²) in [4.78, 5) is 0. The van der Waals surface area contributed by atoms with Gasteiger partial charge in [-0.2, -0.15) is 0 Å². The first kappa shape index (κ1) is 9.83. The van der Waals surface area contributed by atoms with Gasteiger partial charge in [0.05, 0.1) is 0 Å². The van der Waals surface area contributed by atoms with E-state index >= 15 is 0 Å². The first-order valence-electron chi connectivity index (χ1n) is 5.67. The monoisotopic (exact) mass is 200 g/mol. The Labute approximate surface area is 87.0 Å². The maximum Gasteiger partial charge on any atom is 0.0274 e. The topological polar surface area (TPSA) is 0 Å². The van der Waals surface area contributed by atoms with E-state index in [4.69, 9.17) is 11.6 Å². The molecule has 3 atom stereocenters. The summed E-state index contributed by atoms with van der Waals surface area (Å²) in [7, 11) is 0. The van der Waals surface area contributed by atoms with Crippen molar-refractivity contribution in [1.29, 1.82) is 0 Å². The van der Waals surface area contributed by atoms with Gasteiger partial charge in [-0.15, -0.1) is 11.6 Å². The molecule has 13 heavy (non-hydrogen) atoms. The third-order valence-electron chi connectivity index (χ3n) is 4.06. The van der Waals surface area contributed by atoms with E-state index in [1.807, 2.05) is 0 Å². The van der Waals surface area contributed by atoms with Crippen LogP contribution in [-0.4, -0.2) is 5.88 Å². The zero-order valence-corrected chi connectivity index (χ0v) is 9.61. The summed E-state index contributed by atoms with van der Waals surface area (Å²) in [5.74, 6) is 3.97. The summed E-state index contributed by atoms with van der Waals surface area (Å²) < 4.78 is 0. The lowest BCUT2D eigenvalue weighted by Gasteiger charge is -2.30. The molecule has 3 unspecified atom stereocenters. The van der Waals surface area contributed by atoms with Crippen LogP contribution in [0.25, 0.3) is 0 Å². The zero-order chi connectivity index (χ0) is 9.47. The van der Waals surface area contributed by atoms with Crippen molar-refractivity contribution in [3.8, 4) is 0 Å². The number of hydrogen-bond donors (Lipinski definition) is 0. The fraction of sp³-hybridized carbons (Fsp3) is 1.00. The highest BCUT2D eigenvalue weighted by Crippen LogP contribution is 2.51. The minimum absolute atomic E-state index is 0.372. The van der Waals surface area contributed by atoms with Gasteiger partial charge in [-0.25, -0.2) is 0 Å². The van der Waals surface area contributed by atoms with E-state index in [2.05, 4.69) is 13.8 Å². The number of halogens is 1. The van der Waals surface area contributed by atoms with Gasteiger partial charge in [0, 0.05) is 5.88 Å². The minimum Gasteiger partial charge on any atom is -0.126 e. The Morgan fingerprint density at radius 3 is 2.46 bits per heavy atom. The van der Waals surface area contributed by atoms with Crippen LogP contribution in [0, 0.1) is 23.2 Å². The molecule has 2 aliphatic rings. The summed E-state index contributed by atoms with van der Waals surface area (Å²) in [5, 5.41) is 0. The maximum absolute atomic E-state index is 5.97. The number of alkyl halides is 1. The van der Waals surface area contributed by atoms with E-state index in [1.165, 1.54) is 32.1 Å². The van der Waals surface area contributed by atoms with Gasteiger partial charge in [-0.05, 0) is 48.9 Å². The van der Waals surface area contributed by atoms with Gasteiger partial charge in [0.1, 0.15) is 0 Å². The Hall–Kier alpha value is 0.290. The number of hydrogen-bond acceptors (Lipinski definition) is 0. The molecule has 2 rings (SSSR count). The summed E-state index contributed by atoms with van der Waals surface area (Å²) in [6.45, 7) is 4.62. The molecule has 1 heteroatoms. The van der Waals surface area contributed by atoms with Crippen molar-refractivity contribution < 1.29 is 0 Å². The van der Waals surface area contributed by atoms with Crippen LogP contribution in [0.5, 0.6) is 0 Å². The predicted octanol–water partition coefficient (Wildman–Crippen LogP) is 4.08. The predicted molar refractivity (Wildman–Crippen MR) is 58.1 cm³/mol. The van der Waals surface area contributed by atoms with E-state index in [-0.39, 0.29) is 0 Å². The van der Waals surface area contributed by atoms with E-state index < -0.39 is 0 Å². The molecule has 0 spiro atoms. The molecule has 0 aromatic rings. The molecular formula is C12H21Cl. The standard InChI is InChI=1S/C12H21Cl/c1-12(2,8-13)7-11-6-9-3-4-10(11)5-9/h9-11H,3-8H2,1-2H3. The molecule has 0 heterocycles. The highest BCUT2D eigenvalue weighted by Gasteiger charge is 2.41. The zero-order valence-electron chi connectivity index (χ0n) is 8.85. The van der Waals surface area contributed by atoms with Crippen molar-refractivity contribution in [2.24, 2.45) is 23.2 Å². The Morgan fingerprint density at radius 1 is 1.23 bits per heavy atom. The van der Waals surface area contributed by atoms with Gasteiger partial charge in [-0.1, -0.05) is 20.3 Å². The molecule has 0 amide bonds. The van der Waals surface area contributed by atoms with Crippen molar-refractivity contribution in [3.05, 3.63) is 0 Å². The minimum atomic E-state index is 0.372. The highest BCUT2D eigenvalue weighted by atomic mass is 35.5. The summed E-state index contributed by atoms with van der Waals surface area (Å²) in [6, 6.07) is 0. The number of fused-ring (bicyclic) bond motifs is 2. The molecule has 0 radical (unpaired) electrons. The fourth-order valence-electron chi connectivity index (χ4n) is 3.39. The normalized spacial score (nSPS) is 38.5. The van der Waals surface area contributed by atoms with E-state index in [0.29, 0.717) is 5.41 Å². The van der Waals surface area contributed by atoms with Gasteiger partial charge in [0.25, 0.3) is 0 Å². The van der Waals surface area contributed by atoms with Crippen LogP contribution in [0.15, 0.2) is 0 Å². The molecule has 0 N–H and O–H groups in total. The maximum atomic E-state index is 5.97. The van der Waals surface area contributed by atoms with Gasteiger partial charge >= 0.3 is 0 Å². The molecule has 0 nitrogen and oxygen atoms in total. The smallest absolute Gasteiger partial charge is 0.0274 e. The molecule has 0 aromatic carbocycles. The average Bonchev–Trinajstić information content (AvgIpc) is 2.64. The molecule has 0 aliphatic heterocycles. The first-order valence-corrected chi connectivity index (χ1v) is 6.20. The van der Waals surface area contributed by atoms with Gasteiger partial charge in [0.2, 0.25) is 0 Å². The van der Waals surface area contributed by atoms with Crippen LogP contribution >= 0.6 is 11.6 Å². The third-order valence-corrected chi connectivity index (χ3v) is 4.78. The fourth-order valence-corrected chi connectivity index (χ4v) is 3.50. The summed E-state index contributed by atoms with van der Waals surface area (Å²) in [6.07, 6.45) is 7.42. The molecule has 2 bridgehead atoms. The highest BCUT2D eigenvalue weighted by molar-refractivity contribution is 6.18. The van der Waals surface area contributed by atoms with Crippen LogP contribution in [0.4, 0.5) is 0 Å².